The first-order chi connectivity index (χ1) is 6.62. The third kappa shape index (κ3) is 13.8. The van der Waals surface area contributed by atoms with Gasteiger partial charge in [-0.3, -0.25) is 20.4 Å². The molecule has 0 aromatic rings. The lowest BCUT2D eigenvalue weighted by Gasteiger charge is -1.94. The van der Waals surface area contributed by atoms with Gasteiger partial charge in [-0.2, -0.15) is 0 Å². The van der Waals surface area contributed by atoms with Gasteiger partial charge in [-0.1, -0.05) is 13.8 Å². The highest BCUT2D eigenvalue weighted by Crippen LogP contribution is 1.96. The summed E-state index contributed by atoms with van der Waals surface area (Å²) in [4.78, 5) is 21.5. The molecule has 0 radical (unpaired) electrons. The van der Waals surface area contributed by atoms with Crippen molar-refractivity contribution in [1.29, 1.82) is 0 Å². The Kier molecular flexibility index (Phi) is 13.8. The summed E-state index contributed by atoms with van der Waals surface area (Å²) in [5.74, 6) is 0.132. The Labute approximate surface area is 86.4 Å². The van der Waals surface area contributed by atoms with E-state index in [0.717, 1.165) is 6.42 Å². The predicted octanol–water partition coefficient (Wildman–Crippen LogP) is 1.06. The number of hydrogen-bond acceptors (Lipinski definition) is 4. The first-order valence-electron chi connectivity index (χ1n) is 4.99. The third-order valence-electron chi connectivity index (χ3n) is 1.57. The standard InChI is InChI=1S/C8H14O2.C2H8N2/c1-3-5-8(10)6-7(9)4-2;1-3-4-2/h3-6H2,1-2H3;3-4H,1-2H3. The van der Waals surface area contributed by atoms with Crippen LogP contribution in [-0.4, -0.2) is 25.7 Å². The lowest BCUT2D eigenvalue weighted by molar-refractivity contribution is -0.126. The second kappa shape index (κ2) is 12.3. The van der Waals surface area contributed by atoms with Crippen molar-refractivity contribution < 1.29 is 9.59 Å². The number of ketones is 2. The quantitative estimate of drug-likeness (QED) is 0.499. The summed E-state index contributed by atoms with van der Waals surface area (Å²) >= 11 is 0. The van der Waals surface area contributed by atoms with Gasteiger partial charge < -0.3 is 0 Å². The van der Waals surface area contributed by atoms with Gasteiger partial charge in [-0.05, 0) is 20.5 Å². The van der Waals surface area contributed by atoms with E-state index in [1.807, 2.05) is 21.0 Å². The van der Waals surface area contributed by atoms with E-state index in [0.29, 0.717) is 12.8 Å². The monoisotopic (exact) mass is 202 g/mol. The highest BCUT2D eigenvalue weighted by atomic mass is 16.1. The van der Waals surface area contributed by atoms with E-state index in [2.05, 4.69) is 10.9 Å². The molecular weight excluding hydrogens is 180 g/mol. The Balaban J connectivity index is 0. The van der Waals surface area contributed by atoms with Gasteiger partial charge >= 0.3 is 0 Å². The fourth-order valence-electron chi connectivity index (χ4n) is 0.712. The molecule has 0 atom stereocenters. The number of Topliss-reactive ketones (excluding diaryl/α,β-unsaturated/α-hetero) is 2. The minimum absolute atomic E-state index is 0.0541. The normalized spacial score (nSPS) is 8.86. The summed E-state index contributed by atoms with van der Waals surface area (Å²) in [5, 5.41) is 0. The molecule has 2 N–H and O–H groups in total. The van der Waals surface area contributed by atoms with Crippen molar-refractivity contribution >= 4 is 11.6 Å². The van der Waals surface area contributed by atoms with Gasteiger partial charge in [0.2, 0.25) is 0 Å². The second-order valence-corrected chi connectivity index (χ2v) is 2.86. The third-order valence-corrected chi connectivity index (χ3v) is 1.57. The zero-order chi connectivity index (χ0) is 11.4. The molecule has 0 aromatic heterocycles. The maximum Gasteiger partial charge on any atom is 0.140 e. The molecule has 0 aromatic carbocycles. The molecule has 0 fully saturated rings. The molecule has 0 saturated heterocycles. The van der Waals surface area contributed by atoms with Crippen LogP contribution >= 0.6 is 0 Å². The molecule has 84 valence electrons. The van der Waals surface area contributed by atoms with Crippen molar-refractivity contribution in [3.8, 4) is 0 Å². The van der Waals surface area contributed by atoms with Gasteiger partial charge in [0, 0.05) is 12.8 Å². The molecule has 0 aliphatic carbocycles. The van der Waals surface area contributed by atoms with Crippen LogP contribution in [0.2, 0.25) is 0 Å². The second-order valence-electron chi connectivity index (χ2n) is 2.86. The molecular formula is C10H22N2O2. The number of nitrogens with one attached hydrogen (secondary N) is 2. The molecule has 4 nitrogen and oxygen atoms in total. The number of hydrogen-bond donors (Lipinski definition) is 2. The van der Waals surface area contributed by atoms with Gasteiger partial charge in [0.1, 0.15) is 11.6 Å². The Hall–Kier alpha value is -0.740. The van der Waals surface area contributed by atoms with E-state index < -0.39 is 0 Å². The summed E-state index contributed by atoms with van der Waals surface area (Å²) < 4.78 is 0. The zero-order valence-corrected chi connectivity index (χ0v) is 9.64. The SMILES string of the molecule is CCCC(=O)CC(=O)CC.CNNC. The zero-order valence-electron chi connectivity index (χ0n) is 9.64. The van der Waals surface area contributed by atoms with Crippen molar-refractivity contribution in [3.05, 3.63) is 0 Å². The summed E-state index contributed by atoms with van der Waals surface area (Å²) in [6, 6.07) is 0. The number of hydrazine groups is 1. The minimum Gasteiger partial charge on any atom is -0.299 e. The largest absolute Gasteiger partial charge is 0.299 e. The molecule has 14 heavy (non-hydrogen) atoms. The fraction of sp³-hybridized carbons (Fsp3) is 0.800. The molecule has 0 heterocycles. The van der Waals surface area contributed by atoms with Gasteiger partial charge in [0.25, 0.3) is 0 Å². The van der Waals surface area contributed by atoms with Crippen LogP contribution in [0.1, 0.15) is 39.5 Å². The highest BCUT2D eigenvalue weighted by Gasteiger charge is 2.05. The average molecular weight is 202 g/mol. The van der Waals surface area contributed by atoms with Crippen molar-refractivity contribution in [1.82, 2.24) is 10.9 Å². The Morgan fingerprint density at radius 2 is 1.50 bits per heavy atom. The summed E-state index contributed by atoms with van der Waals surface area (Å²) in [5.41, 5.74) is 5.36. The molecule has 0 unspecified atom stereocenters. The topological polar surface area (TPSA) is 58.2 Å². The van der Waals surface area contributed by atoms with E-state index in [-0.39, 0.29) is 18.0 Å². The van der Waals surface area contributed by atoms with E-state index >= 15 is 0 Å². The molecule has 0 amide bonds. The van der Waals surface area contributed by atoms with E-state index in [4.69, 9.17) is 0 Å². The highest BCUT2D eigenvalue weighted by molar-refractivity contribution is 5.98. The van der Waals surface area contributed by atoms with Crippen LogP contribution in [0.25, 0.3) is 0 Å². The van der Waals surface area contributed by atoms with Crippen LogP contribution in [0.15, 0.2) is 0 Å². The van der Waals surface area contributed by atoms with Gasteiger partial charge in [-0.25, -0.2) is 0 Å². The Morgan fingerprint density at radius 3 is 1.79 bits per heavy atom. The average Bonchev–Trinajstić information content (AvgIpc) is 2.18. The van der Waals surface area contributed by atoms with Gasteiger partial charge in [0.05, 0.1) is 6.42 Å². The Bertz CT molecular complexity index is 156. The van der Waals surface area contributed by atoms with Crippen LogP contribution in [0, 0.1) is 0 Å². The predicted molar refractivity (Wildman–Crippen MR) is 57.9 cm³/mol. The molecule has 0 spiro atoms. The smallest absolute Gasteiger partial charge is 0.140 e. The molecule has 0 saturated carbocycles. The lowest BCUT2D eigenvalue weighted by Crippen LogP contribution is -2.21. The maximum absolute atomic E-state index is 10.8. The number of carbonyl (C=O) groups excluding carboxylic acids is 2. The fourth-order valence-corrected chi connectivity index (χ4v) is 0.712. The molecule has 0 rings (SSSR count). The minimum atomic E-state index is 0.0541. The van der Waals surface area contributed by atoms with E-state index in [1.165, 1.54) is 0 Å². The number of rotatable bonds is 6. The van der Waals surface area contributed by atoms with E-state index in [1.54, 1.807) is 6.92 Å². The van der Waals surface area contributed by atoms with Crippen LogP contribution in [0.4, 0.5) is 0 Å². The lowest BCUT2D eigenvalue weighted by atomic mass is 10.1. The summed E-state index contributed by atoms with van der Waals surface area (Å²) in [6.45, 7) is 3.72. The van der Waals surface area contributed by atoms with E-state index in [9.17, 15) is 9.59 Å². The van der Waals surface area contributed by atoms with Crippen molar-refractivity contribution in [2.24, 2.45) is 0 Å². The summed E-state index contributed by atoms with van der Waals surface area (Å²) in [6.07, 6.45) is 2.02. The van der Waals surface area contributed by atoms with Crippen molar-refractivity contribution in [2.75, 3.05) is 14.1 Å². The first kappa shape index (κ1) is 15.7. The molecule has 0 bridgehead atoms. The summed E-state index contributed by atoms with van der Waals surface area (Å²) in [7, 11) is 3.64. The van der Waals surface area contributed by atoms with Crippen molar-refractivity contribution in [2.45, 2.75) is 39.5 Å². The number of carbonyl (C=O) groups is 2. The van der Waals surface area contributed by atoms with Crippen LogP contribution < -0.4 is 10.9 Å². The van der Waals surface area contributed by atoms with Gasteiger partial charge in [-0.15, -0.1) is 0 Å². The van der Waals surface area contributed by atoms with Crippen molar-refractivity contribution in [3.63, 3.8) is 0 Å². The molecule has 0 aliphatic rings. The molecule has 0 aliphatic heterocycles. The van der Waals surface area contributed by atoms with Gasteiger partial charge in [0.15, 0.2) is 0 Å². The van der Waals surface area contributed by atoms with Crippen LogP contribution in [-0.2, 0) is 9.59 Å². The van der Waals surface area contributed by atoms with Crippen LogP contribution in [0.5, 0.6) is 0 Å². The Morgan fingerprint density at radius 1 is 1.00 bits per heavy atom. The van der Waals surface area contributed by atoms with Crippen LogP contribution in [0.3, 0.4) is 0 Å². The maximum atomic E-state index is 10.8. The molecule has 4 heteroatoms. The first-order valence-corrected chi connectivity index (χ1v) is 4.99.